The summed E-state index contributed by atoms with van der Waals surface area (Å²) in [5.41, 5.74) is 9.97. The fourth-order valence-electron chi connectivity index (χ4n) is 1.94. The minimum Gasteiger partial charge on any atom is -0.399 e. The maximum atomic E-state index is 12.3. The van der Waals surface area contributed by atoms with Crippen LogP contribution in [0.1, 0.15) is 22.3 Å². The number of aryl methyl sites for hydroxylation is 2. The standard InChI is InChI=1S/C8H7F3IN.C8H8F3N/c1-4-2-6(12)7(13)3-5(4)8(9,10)11;1-5-2-3-6(12)4-7(5)8(9,10)11/h2-3H,13H2,1H3;2-4H,12H2,1H3. The summed E-state index contributed by atoms with van der Waals surface area (Å²) < 4.78 is 74.1. The SMILES string of the molecule is Cc1cc(I)c(N)cc1C(F)(F)F.Cc1ccc(N)cc1C(F)(F)F. The van der Waals surface area contributed by atoms with E-state index >= 15 is 0 Å². The van der Waals surface area contributed by atoms with Crippen molar-refractivity contribution in [2.24, 2.45) is 0 Å². The van der Waals surface area contributed by atoms with Crippen LogP contribution < -0.4 is 11.5 Å². The maximum Gasteiger partial charge on any atom is 0.416 e. The van der Waals surface area contributed by atoms with Gasteiger partial charge >= 0.3 is 12.4 Å². The van der Waals surface area contributed by atoms with Gasteiger partial charge in [-0.05, 0) is 71.8 Å². The minimum atomic E-state index is -4.32. The molecule has 0 aliphatic heterocycles. The predicted octanol–water partition coefficient (Wildman–Crippen LogP) is 5.80. The Morgan fingerprint density at radius 2 is 1.24 bits per heavy atom. The topological polar surface area (TPSA) is 52.0 Å². The van der Waals surface area contributed by atoms with E-state index in [9.17, 15) is 26.3 Å². The Morgan fingerprint density at radius 1 is 0.760 bits per heavy atom. The zero-order valence-corrected chi connectivity index (χ0v) is 15.3. The molecule has 0 aliphatic rings. The Balaban J connectivity index is 0.000000251. The number of hydrogen-bond donors (Lipinski definition) is 2. The first kappa shape index (κ1) is 21.4. The lowest BCUT2D eigenvalue weighted by atomic mass is 10.1. The first-order valence-electron chi connectivity index (χ1n) is 6.79. The molecule has 0 spiro atoms. The number of hydrogen-bond acceptors (Lipinski definition) is 2. The van der Waals surface area contributed by atoms with Gasteiger partial charge in [0.1, 0.15) is 0 Å². The monoisotopic (exact) mass is 476 g/mol. The Labute approximate surface area is 154 Å². The molecule has 138 valence electrons. The molecular formula is C16H15F6IN2. The number of halogens is 7. The molecule has 0 radical (unpaired) electrons. The molecule has 25 heavy (non-hydrogen) atoms. The van der Waals surface area contributed by atoms with E-state index in [1.54, 1.807) is 0 Å². The molecule has 2 rings (SSSR count). The average Bonchev–Trinajstić information content (AvgIpc) is 2.44. The molecule has 9 heteroatoms. The van der Waals surface area contributed by atoms with Gasteiger partial charge in [-0.15, -0.1) is 0 Å². The minimum absolute atomic E-state index is 0.132. The van der Waals surface area contributed by atoms with E-state index in [1.807, 2.05) is 22.6 Å². The normalized spacial score (nSPS) is 11.7. The Bertz CT molecular complexity index is 754. The lowest BCUT2D eigenvalue weighted by molar-refractivity contribution is -0.138. The molecule has 0 saturated carbocycles. The van der Waals surface area contributed by atoms with Gasteiger partial charge in [0.05, 0.1) is 11.1 Å². The first-order valence-corrected chi connectivity index (χ1v) is 7.87. The highest BCUT2D eigenvalue weighted by Crippen LogP contribution is 2.34. The molecule has 0 aliphatic carbocycles. The van der Waals surface area contributed by atoms with Crippen LogP contribution >= 0.6 is 22.6 Å². The fourth-order valence-corrected chi connectivity index (χ4v) is 2.56. The lowest BCUT2D eigenvalue weighted by Gasteiger charge is -2.11. The van der Waals surface area contributed by atoms with Gasteiger partial charge < -0.3 is 11.5 Å². The number of anilines is 2. The van der Waals surface area contributed by atoms with Gasteiger partial charge in [-0.2, -0.15) is 26.3 Å². The molecule has 0 atom stereocenters. The van der Waals surface area contributed by atoms with Crippen molar-refractivity contribution in [2.75, 3.05) is 11.5 Å². The van der Waals surface area contributed by atoms with Crippen molar-refractivity contribution in [3.63, 3.8) is 0 Å². The quantitative estimate of drug-likeness (QED) is 0.287. The van der Waals surface area contributed by atoms with E-state index in [0.29, 0.717) is 3.57 Å². The Kier molecular flexibility index (Phi) is 6.60. The van der Waals surface area contributed by atoms with Crippen molar-refractivity contribution in [3.8, 4) is 0 Å². The molecule has 0 saturated heterocycles. The van der Waals surface area contributed by atoms with E-state index in [-0.39, 0.29) is 22.5 Å². The molecule has 0 bridgehead atoms. The summed E-state index contributed by atoms with van der Waals surface area (Å²) in [4.78, 5) is 0. The van der Waals surface area contributed by atoms with Crippen LogP contribution in [-0.2, 0) is 12.4 Å². The summed E-state index contributed by atoms with van der Waals surface area (Å²) in [6.07, 6.45) is -8.62. The average molecular weight is 476 g/mol. The van der Waals surface area contributed by atoms with Gasteiger partial charge in [0.25, 0.3) is 0 Å². The van der Waals surface area contributed by atoms with E-state index in [4.69, 9.17) is 11.5 Å². The van der Waals surface area contributed by atoms with Crippen molar-refractivity contribution in [2.45, 2.75) is 26.2 Å². The molecule has 0 fully saturated rings. The van der Waals surface area contributed by atoms with E-state index in [2.05, 4.69) is 0 Å². The second kappa shape index (κ2) is 7.71. The predicted molar refractivity (Wildman–Crippen MR) is 93.9 cm³/mol. The molecule has 2 aromatic rings. The van der Waals surface area contributed by atoms with Crippen molar-refractivity contribution in [1.29, 1.82) is 0 Å². The zero-order valence-electron chi connectivity index (χ0n) is 13.2. The third-order valence-corrected chi connectivity index (χ3v) is 4.15. The number of nitrogens with two attached hydrogens (primary N) is 2. The molecule has 2 nitrogen and oxygen atoms in total. The zero-order chi connectivity index (χ0) is 19.6. The van der Waals surface area contributed by atoms with Gasteiger partial charge in [0.2, 0.25) is 0 Å². The highest BCUT2D eigenvalue weighted by Gasteiger charge is 2.33. The van der Waals surface area contributed by atoms with Crippen LogP contribution in [0, 0.1) is 17.4 Å². The third kappa shape index (κ3) is 5.98. The summed E-state index contributed by atoms with van der Waals surface area (Å²) in [5.74, 6) is 0. The van der Waals surface area contributed by atoms with Crippen LogP contribution in [-0.4, -0.2) is 0 Å². The number of benzene rings is 2. The summed E-state index contributed by atoms with van der Waals surface area (Å²) in [6.45, 7) is 2.83. The second-order valence-electron chi connectivity index (χ2n) is 5.26. The van der Waals surface area contributed by atoms with Crippen LogP contribution in [0.4, 0.5) is 37.7 Å². The smallest absolute Gasteiger partial charge is 0.399 e. The molecule has 0 aromatic heterocycles. The molecule has 2 aromatic carbocycles. The van der Waals surface area contributed by atoms with E-state index in [1.165, 1.54) is 32.0 Å². The Morgan fingerprint density at radius 3 is 1.68 bits per heavy atom. The van der Waals surface area contributed by atoms with E-state index < -0.39 is 23.5 Å². The summed E-state index contributed by atoms with van der Waals surface area (Å²) in [6, 6.07) is 6.15. The number of nitrogen functional groups attached to an aromatic ring is 2. The molecule has 0 unspecified atom stereocenters. The highest BCUT2D eigenvalue weighted by atomic mass is 127. The lowest BCUT2D eigenvalue weighted by Crippen LogP contribution is -2.08. The van der Waals surface area contributed by atoms with Crippen LogP contribution in [0.5, 0.6) is 0 Å². The van der Waals surface area contributed by atoms with Crippen molar-refractivity contribution >= 4 is 34.0 Å². The van der Waals surface area contributed by atoms with Crippen LogP contribution in [0.25, 0.3) is 0 Å². The number of alkyl halides is 6. The second-order valence-corrected chi connectivity index (χ2v) is 6.42. The van der Waals surface area contributed by atoms with Gasteiger partial charge in [0.15, 0.2) is 0 Å². The summed E-state index contributed by atoms with van der Waals surface area (Å²) >= 11 is 1.90. The first-order chi connectivity index (χ1) is 11.2. The van der Waals surface area contributed by atoms with Gasteiger partial charge in [0, 0.05) is 14.9 Å². The van der Waals surface area contributed by atoms with Crippen LogP contribution in [0.15, 0.2) is 30.3 Å². The molecule has 4 N–H and O–H groups in total. The fraction of sp³-hybridized carbons (Fsp3) is 0.250. The van der Waals surface area contributed by atoms with Gasteiger partial charge in [-0.25, -0.2) is 0 Å². The summed E-state index contributed by atoms with van der Waals surface area (Å²) in [5, 5.41) is 0. The largest absolute Gasteiger partial charge is 0.416 e. The van der Waals surface area contributed by atoms with Gasteiger partial charge in [-0.1, -0.05) is 6.07 Å². The summed E-state index contributed by atoms with van der Waals surface area (Å²) in [7, 11) is 0. The van der Waals surface area contributed by atoms with Gasteiger partial charge in [-0.3, -0.25) is 0 Å². The van der Waals surface area contributed by atoms with Crippen LogP contribution in [0.3, 0.4) is 0 Å². The maximum absolute atomic E-state index is 12.3. The molecular weight excluding hydrogens is 461 g/mol. The molecule has 0 heterocycles. The Hall–Kier alpha value is -1.65. The van der Waals surface area contributed by atoms with Crippen molar-refractivity contribution in [1.82, 2.24) is 0 Å². The van der Waals surface area contributed by atoms with Crippen LogP contribution in [0.2, 0.25) is 0 Å². The van der Waals surface area contributed by atoms with Crippen molar-refractivity contribution < 1.29 is 26.3 Å². The van der Waals surface area contributed by atoms with E-state index in [0.717, 1.165) is 12.1 Å². The molecule has 0 amide bonds. The third-order valence-electron chi connectivity index (χ3n) is 3.22. The highest BCUT2D eigenvalue weighted by molar-refractivity contribution is 14.1. The van der Waals surface area contributed by atoms with Crippen molar-refractivity contribution in [3.05, 3.63) is 56.2 Å². The number of rotatable bonds is 0.